The van der Waals surface area contributed by atoms with Crippen LogP contribution in [0.5, 0.6) is 0 Å². The van der Waals surface area contributed by atoms with Gasteiger partial charge in [0.2, 0.25) is 0 Å². The van der Waals surface area contributed by atoms with Crippen molar-refractivity contribution < 1.29 is 66.6 Å². The van der Waals surface area contributed by atoms with Crippen LogP contribution in [0.3, 0.4) is 0 Å². The van der Waals surface area contributed by atoms with Crippen LogP contribution >= 0.6 is 0 Å². The quantitative estimate of drug-likeness (QED) is 0.245. The van der Waals surface area contributed by atoms with Crippen molar-refractivity contribution in [2.24, 2.45) is 17.8 Å². The molecule has 0 aliphatic heterocycles. The Bertz CT molecular complexity index is 726. The first-order valence-corrected chi connectivity index (χ1v) is 8.51. The lowest BCUT2D eigenvalue weighted by Crippen LogP contribution is -2.70. The van der Waals surface area contributed by atoms with Gasteiger partial charge in [-0.05, 0) is 24.7 Å². The number of hydrogen-bond acceptors (Lipinski definition) is 2. The summed E-state index contributed by atoms with van der Waals surface area (Å²) in [4.78, 5) is 11.8. The fourth-order valence-electron chi connectivity index (χ4n) is 3.40. The van der Waals surface area contributed by atoms with Crippen LogP contribution in [0.1, 0.15) is 19.3 Å². The zero-order valence-electron chi connectivity index (χ0n) is 14.9. The minimum atomic E-state index is -7.93. The van der Waals surface area contributed by atoms with E-state index in [1.54, 1.807) is 12.2 Å². The molecule has 2 aliphatic carbocycles. The summed E-state index contributed by atoms with van der Waals surface area (Å²) in [6, 6.07) is 0. The summed E-state index contributed by atoms with van der Waals surface area (Å²) in [7, 11) is 0. The number of fused-ring (bicyclic) bond motifs is 2. The lowest BCUT2D eigenvalue weighted by atomic mass is 9.92. The molecule has 0 saturated heterocycles. The number of esters is 1. The molecule has 0 radical (unpaired) electrons. The monoisotopic (exact) mass is 484 g/mol. The Kier molecular flexibility index (Phi) is 6.12. The third-order valence-corrected chi connectivity index (χ3v) is 5.24. The van der Waals surface area contributed by atoms with Crippen molar-refractivity contribution in [3.63, 3.8) is 0 Å². The van der Waals surface area contributed by atoms with E-state index in [9.17, 15) is 61.9 Å². The number of halogens is 13. The van der Waals surface area contributed by atoms with E-state index in [0.717, 1.165) is 0 Å². The fraction of sp³-hybridized carbons (Fsp3) is 0.812. The first-order valence-electron chi connectivity index (χ1n) is 8.51. The van der Waals surface area contributed by atoms with Crippen LogP contribution in [0.2, 0.25) is 0 Å². The average molecular weight is 484 g/mol. The highest BCUT2D eigenvalue weighted by atomic mass is 19.4. The van der Waals surface area contributed by atoms with Gasteiger partial charge in [0.15, 0.2) is 0 Å². The molecule has 0 heterocycles. The van der Waals surface area contributed by atoms with Crippen molar-refractivity contribution in [3.8, 4) is 0 Å². The first-order chi connectivity index (χ1) is 13.7. The second-order valence-corrected chi connectivity index (χ2v) is 7.30. The van der Waals surface area contributed by atoms with E-state index < -0.39 is 60.7 Å². The summed E-state index contributed by atoms with van der Waals surface area (Å²) in [6.45, 7) is -1.70. The summed E-state index contributed by atoms with van der Waals surface area (Å²) in [5.41, 5.74) is 0. The lowest BCUT2D eigenvalue weighted by Gasteiger charge is -2.39. The smallest absolute Gasteiger partial charge is 0.460 e. The van der Waals surface area contributed by atoms with Gasteiger partial charge in [0.05, 0.1) is 18.9 Å². The second kappa shape index (κ2) is 7.42. The van der Waals surface area contributed by atoms with Crippen molar-refractivity contribution in [1.29, 1.82) is 0 Å². The van der Waals surface area contributed by atoms with Gasteiger partial charge in [0, 0.05) is 0 Å². The maximum atomic E-state index is 13.6. The van der Waals surface area contributed by atoms with E-state index in [2.05, 4.69) is 4.74 Å². The summed E-state index contributed by atoms with van der Waals surface area (Å²) in [5.74, 6) is -39.5. The van der Waals surface area contributed by atoms with E-state index >= 15 is 0 Å². The molecule has 0 spiro atoms. The van der Waals surface area contributed by atoms with E-state index in [0.29, 0.717) is 6.42 Å². The van der Waals surface area contributed by atoms with Gasteiger partial charge in [-0.15, -0.1) is 0 Å². The van der Waals surface area contributed by atoms with Gasteiger partial charge in [-0.1, -0.05) is 12.2 Å². The minimum absolute atomic E-state index is 0.00968. The Morgan fingerprint density at radius 2 is 1.26 bits per heavy atom. The number of carbonyl (C=O) groups excluding carboxylic acids is 1. The Morgan fingerprint density at radius 1 is 0.742 bits per heavy atom. The Labute approximate surface area is 165 Å². The Hall–Kier alpha value is -1.70. The molecular formula is C16H13F13O2. The molecule has 2 rings (SSSR count). The molecule has 2 bridgehead atoms. The minimum Gasteiger partial charge on any atom is -0.465 e. The summed E-state index contributed by atoms with van der Waals surface area (Å²) >= 11 is 0. The zero-order valence-corrected chi connectivity index (χ0v) is 14.9. The summed E-state index contributed by atoms with van der Waals surface area (Å²) in [6.07, 6.45) is -5.83. The SMILES string of the molecule is O=C(OCCC(F)(F)C(F)(F)C(F)(F)C(F)(F)C(F)(F)C(F)(F)F)C1CC2C=CC1C2. The van der Waals surface area contributed by atoms with Gasteiger partial charge in [0.25, 0.3) is 0 Å². The molecule has 0 aromatic heterocycles. The van der Waals surface area contributed by atoms with Crippen molar-refractivity contribution >= 4 is 5.97 Å². The molecule has 0 aromatic carbocycles. The normalized spacial score (nSPS) is 25.3. The molecule has 2 aliphatic rings. The molecule has 15 heteroatoms. The number of ether oxygens (including phenoxy) is 1. The highest BCUT2D eigenvalue weighted by molar-refractivity contribution is 5.74. The predicted molar refractivity (Wildman–Crippen MR) is 75.2 cm³/mol. The van der Waals surface area contributed by atoms with Crippen molar-refractivity contribution in [1.82, 2.24) is 0 Å². The van der Waals surface area contributed by atoms with Crippen LogP contribution in [0.4, 0.5) is 57.1 Å². The molecule has 31 heavy (non-hydrogen) atoms. The van der Waals surface area contributed by atoms with Crippen molar-refractivity contribution in [2.45, 2.75) is 55.1 Å². The molecule has 0 aromatic rings. The number of allylic oxidation sites excluding steroid dienone is 2. The van der Waals surface area contributed by atoms with E-state index in [-0.39, 0.29) is 18.3 Å². The number of hydrogen-bond donors (Lipinski definition) is 0. The standard InChI is InChI=1S/C16H13F13O2/c17-11(18,3-4-31-10(30)9-6-7-1-2-8(9)5-7)12(19,20)13(21,22)14(23,24)15(25,26)16(27,28)29/h1-2,7-9H,3-6H2. The molecule has 180 valence electrons. The van der Waals surface area contributed by atoms with Gasteiger partial charge in [-0.2, -0.15) is 57.1 Å². The van der Waals surface area contributed by atoms with Crippen molar-refractivity contribution in [3.05, 3.63) is 12.2 Å². The summed E-state index contributed by atoms with van der Waals surface area (Å²) < 4.78 is 173. The van der Waals surface area contributed by atoms with Crippen LogP contribution in [-0.2, 0) is 9.53 Å². The zero-order chi connectivity index (χ0) is 24.3. The molecular weight excluding hydrogens is 471 g/mol. The van der Waals surface area contributed by atoms with E-state index in [4.69, 9.17) is 0 Å². The molecule has 1 saturated carbocycles. The number of rotatable bonds is 8. The molecule has 1 fully saturated rings. The Morgan fingerprint density at radius 3 is 1.68 bits per heavy atom. The molecule has 0 amide bonds. The van der Waals surface area contributed by atoms with E-state index in [1.807, 2.05) is 0 Å². The van der Waals surface area contributed by atoms with Crippen LogP contribution in [0.25, 0.3) is 0 Å². The largest absolute Gasteiger partial charge is 0.465 e. The fourth-order valence-corrected chi connectivity index (χ4v) is 3.40. The maximum Gasteiger partial charge on any atom is 0.460 e. The molecule has 3 atom stereocenters. The highest BCUT2D eigenvalue weighted by Gasteiger charge is 2.90. The molecule has 0 N–H and O–H groups in total. The van der Waals surface area contributed by atoms with Gasteiger partial charge in [-0.3, -0.25) is 4.79 Å². The topological polar surface area (TPSA) is 26.3 Å². The van der Waals surface area contributed by atoms with Gasteiger partial charge in [0.1, 0.15) is 0 Å². The molecule has 3 unspecified atom stereocenters. The predicted octanol–water partition coefficient (Wildman–Crippen LogP) is 5.87. The second-order valence-electron chi connectivity index (χ2n) is 7.30. The first kappa shape index (κ1) is 25.6. The van der Waals surface area contributed by atoms with Gasteiger partial charge in [-0.25, -0.2) is 0 Å². The van der Waals surface area contributed by atoms with Gasteiger partial charge >= 0.3 is 41.8 Å². The van der Waals surface area contributed by atoms with Crippen LogP contribution in [-0.4, -0.2) is 48.4 Å². The third-order valence-electron chi connectivity index (χ3n) is 5.24. The maximum absolute atomic E-state index is 13.6. The molecule has 2 nitrogen and oxygen atoms in total. The highest BCUT2D eigenvalue weighted by Crippen LogP contribution is 2.60. The van der Waals surface area contributed by atoms with Crippen LogP contribution in [0.15, 0.2) is 12.2 Å². The van der Waals surface area contributed by atoms with Crippen LogP contribution in [0, 0.1) is 17.8 Å². The third kappa shape index (κ3) is 3.85. The number of carbonyl (C=O) groups is 1. The Balaban J connectivity index is 2.12. The summed E-state index contributed by atoms with van der Waals surface area (Å²) in [5, 5.41) is 0. The lowest BCUT2D eigenvalue weighted by molar-refractivity contribution is -0.440. The van der Waals surface area contributed by atoms with Crippen molar-refractivity contribution in [2.75, 3.05) is 6.61 Å². The number of alkyl halides is 13. The average Bonchev–Trinajstić information content (AvgIpc) is 3.23. The van der Waals surface area contributed by atoms with E-state index in [1.165, 1.54) is 0 Å². The van der Waals surface area contributed by atoms with Crippen LogP contribution < -0.4 is 0 Å². The van der Waals surface area contributed by atoms with Gasteiger partial charge < -0.3 is 4.74 Å².